The standard InChI is InChI=1S/C16H19N3O2S/c1-12-4-7-14(8-5-12)22(20,21)19-10-2-3-15(19)13-6-9-16(17)18-11-13/h4-9,11,15H,2-3,10H2,1H3,(H2,17,18)/t15-/m1/s1. The summed E-state index contributed by atoms with van der Waals surface area (Å²) >= 11 is 0. The second-order valence-electron chi connectivity index (χ2n) is 5.60. The Morgan fingerprint density at radius 3 is 2.55 bits per heavy atom. The summed E-state index contributed by atoms with van der Waals surface area (Å²) in [5.41, 5.74) is 7.54. The van der Waals surface area contributed by atoms with Gasteiger partial charge >= 0.3 is 0 Å². The predicted octanol–water partition coefficient (Wildman–Crippen LogP) is 2.50. The first-order valence-electron chi connectivity index (χ1n) is 7.28. The zero-order chi connectivity index (χ0) is 15.7. The van der Waals surface area contributed by atoms with Gasteiger partial charge in [0.2, 0.25) is 10.0 Å². The van der Waals surface area contributed by atoms with E-state index in [-0.39, 0.29) is 6.04 Å². The Bertz CT molecular complexity index is 755. The Hall–Kier alpha value is -1.92. The number of sulfonamides is 1. The zero-order valence-electron chi connectivity index (χ0n) is 12.4. The predicted molar refractivity (Wildman–Crippen MR) is 85.7 cm³/mol. The molecule has 0 spiro atoms. The van der Waals surface area contributed by atoms with Gasteiger partial charge < -0.3 is 5.73 Å². The maximum absolute atomic E-state index is 12.9. The van der Waals surface area contributed by atoms with Gasteiger partial charge in [0.25, 0.3) is 0 Å². The number of rotatable bonds is 3. The number of aromatic nitrogens is 1. The molecule has 1 atom stereocenters. The average molecular weight is 317 g/mol. The molecule has 1 aromatic heterocycles. The molecule has 1 aliphatic heterocycles. The Labute approximate surface area is 130 Å². The Balaban J connectivity index is 1.95. The zero-order valence-corrected chi connectivity index (χ0v) is 13.3. The maximum atomic E-state index is 12.9. The lowest BCUT2D eigenvalue weighted by atomic mass is 10.1. The third-order valence-corrected chi connectivity index (χ3v) is 5.95. The van der Waals surface area contributed by atoms with Crippen molar-refractivity contribution in [3.63, 3.8) is 0 Å². The first-order chi connectivity index (χ1) is 10.5. The monoisotopic (exact) mass is 317 g/mol. The van der Waals surface area contributed by atoms with Crippen LogP contribution in [0.5, 0.6) is 0 Å². The summed E-state index contributed by atoms with van der Waals surface area (Å²) in [5, 5.41) is 0. The quantitative estimate of drug-likeness (QED) is 0.943. The normalized spacial score (nSPS) is 19.4. The summed E-state index contributed by atoms with van der Waals surface area (Å²) < 4.78 is 27.3. The number of anilines is 1. The van der Waals surface area contributed by atoms with Crippen molar-refractivity contribution < 1.29 is 8.42 Å². The van der Waals surface area contributed by atoms with Crippen molar-refractivity contribution in [1.29, 1.82) is 0 Å². The van der Waals surface area contributed by atoms with Gasteiger partial charge in [0.15, 0.2) is 0 Å². The topological polar surface area (TPSA) is 76.3 Å². The molecule has 0 unspecified atom stereocenters. The van der Waals surface area contributed by atoms with Crippen molar-refractivity contribution in [2.45, 2.75) is 30.7 Å². The van der Waals surface area contributed by atoms with Crippen molar-refractivity contribution >= 4 is 15.8 Å². The van der Waals surface area contributed by atoms with Crippen LogP contribution in [0.15, 0.2) is 47.5 Å². The molecule has 6 heteroatoms. The van der Waals surface area contributed by atoms with E-state index < -0.39 is 10.0 Å². The van der Waals surface area contributed by atoms with Crippen molar-refractivity contribution in [2.24, 2.45) is 0 Å². The minimum atomic E-state index is -3.49. The van der Waals surface area contributed by atoms with Crippen molar-refractivity contribution in [2.75, 3.05) is 12.3 Å². The van der Waals surface area contributed by atoms with E-state index in [2.05, 4.69) is 4.98 Å². The fraction of sp³-hybridized carbons (Fsp3) is 0.312. The number of hydrogen-bond donors (Lipinski definition) is 1. The molecule has 5 nitrogen and oxygen atoms in total. The molecule has 2 heterocycles. The van der Waals surface area contributed by atoms with E-state index in [4.69, 9.17) is 5.73 Å². The lowest BCUT2D eigenvalue weighted by molar-refractivity contribution is 0.396. The summed E-state index contributed by atoms with van der Waals surface area (Å²) in [4.78, 5) is 4.42. The van der Waals surface area contributed by atoms with Crippen LogP contribution in [0.3, 0.4) is 0 Å². The molecule has 1 aliphatic rings. The third-order valence-electron chi connectivity index (χ3n) is 4.03. The fourth-order valence-electron chi connectivity index (χ4n) is 2.82. The van der Waals surface area contributed by atoms with Gasteiger partial charge in [-0.2, -0.15) is 4.31 Å². The molecule has 1 aromatic carbocycles. The highest BCUT2D eigenvalue weighted by molar-refractivity contribution is 7.89. The first-order valence-corrected chi connectivity index (χ1v) is 8.72. The first kappa shape index (κ1) is 15.0. The van der Waals surface area contributed by atoms with E-state index in [0.29, 0.717) is 17.3 Å². The molecule has 0 radical (unpaired) electrons. The van der Waals surface area contributed by atoms with Gasteiger partial charge in [-0.15, -0.1) is 0 Å². The minimum Gasteiger partial charge on any atom is -0.384 e. The number of nitrogens with two attached hydrogens (primary N) is 1. The van der Waals surface area contributed by atoms with E-state index in [0.717, 1.165) is 24.0 Å². The highest BCUT2D eigenvalue weighted by Gasteiger charge is 2.36. The van der Waals surface area contributed by atoms with E-state index in [1.54, 1.807) is 28.7 Å². The number of aryl methyl sites for hydroxylation is 1. The van der Waals surface area contributed by atoms with Crippen LogP contribution in [0.25, 0.3) is 0 Å². The largest absolute Gasteiger partial charge is 0.384 e. The van der Waals surface area contributed by atoms with Crippen molar-refractivity contribution in [3.05, 3.63) is 53.7 Å². The summed E-state index contributed by atoms with van der Waals surface area (Å²) in [6, 6.07) is 10.4. The van der Waals surface area contributed by atoms with Gasteiger partial charge in [-0.3, -0.25) is 0 Å². The highest BCUT2D eigenvalue weighted by Crippen LogP contribution is 2.36. The van der Waals surface area contributed by atoms with Gasteiger partial charge in [-0.25, -0.2) is 13.4 Å². The number of nitrogens with zero attached hydrogens (tertiary/aromatic N) is 2. The molecule has 2 N–H and O–H groups in total. The number of hydrogen-bond acceptors (Lipinski definition) is 4. The summed E-state index contributed by atoms with van der Waals surface area (Å²) in [6.07, 6.45) is 3.32. The second kappa shape index (κ2) is 5.70. The van der Waals surface area contributed by atoms with Crippen LogP contribution in [0, 0.1) is 6.92 Å². The molecule has 22 heavy (non-hydrogen) atoms. The molecule has 3 rings (SSSR count). The van der Waals surface area contributed by atoms with Gasteiger partial charge in [0.1, 0.15) is 5.82 Å². The average Bonchev–Trinajstić information content (AvgIpc) is 2.99. The fourth-order valence-corrected chi connectivity index (χ4v) is 4.50. The maximum Gasteiger partial charge on any atom is 0.243 e. The van der Waals surface area contributed by atoms with E-state index in [9.17, 15) is 8.42 Å². The third kappa shape index (κ3) is 2.71. The van der Waals surface area contributed by atoms with Crippen LogP contribution in [0.4, 0.5) is 5.82 Å². The summed E-state index contributed by atoms with van der Waals surface area (Å²) in [6.45, 7) is 2.47. The molecule has 116 valence electrons. The lowest BCUT2D eigenvalue weighted by Gasteiger charge is -2.24. The Morgan fingerprint density at radius 1 is 1.18 bits per heavy atom. The Morgan fingerprint density at radius 2 is 1.91 bits per heavy atom. The summed E-state index contributed by atoms with van der Waals surface area (Å²) in [7, 11) is -3.49. The number of pyridine rings is 1. The molecule has 2 aromatic rings. The van der Waals surface area contributed by atoms with Crippen LogP contribution in [-0.4, -0.2) is 24.3 Å². The van der Waals surface area contributed by atoms with Crippen molar-refractivity contribution in [3.8, 4) is 0 Å². The van der Waals surface area contributed by atoms with Crippen LogP contribution >= 0.6 is 0 Å². The van der Waals surface area contributed by atoms with Crippen LogP contribution < -0.4 is 5.73 Å². The summed E-state index contributed by atoms with van der Waals surface area (Å²) in [5.74, 6) is 0.440. The minimum absolute atomic E-state index is 0.167. The lowest BCUT2D eigenvalue weighted by Crippen LogP contribution is -2.30. The van der Waals surface area contributed by atoms with E-state index in [1.165, 1.54) is 0 Å². The van der Waals surface area contributed by atoms with Gasteiger partial charge in [0.05, 0.1) is 10.9 Å². The smallest absolute Gasteiger partial charge is 0.243 e. The van der Waals surface area contributed by atoms with Gasteiger partial charge in [-0.05, 0) is 43.5 Å². The van der Waals surface area contributed by atoms with E-state index in [1.807, 2.05) is 25.1 Å². The number of benzene rings is 1. The SMILES string of the molecule is Cc1ccc(S(=O)(=O)N2CCC[C@@H]2c2ccc(N)nc2)cc1. The molecule has 0 bridgehead atoms. The molecular formula is C16H19N3O2S. The molecule has 1 fully saturated rings. The van der Waals surface area contributed by atoms with Crippen LogP contribution in [0.1, 0.15) is 30.0 Å². The molecule has 0 amide bonds. The van der Waals surface area contributed by atoms with Crippen molar-refractivity contribution in [1.82, 2.24) is 9.29 Å². The second-order valence-corrected chi connectivity index (χ2v) is 7.49. The molecule has 0 saturated carbocycles. The highest BCUT2D eigenvalue weighted by atomic mass is 32.2. The molecule has 0 aliphatic carbocycles. The van der Waals surface area contributed by atoms with Gasteiger partial charge in [-0.1, -0.05) is 23.8 Å². The Kier molecular flexibility index (Phi) is 3.88. The van der Waals surface area contributed by atoms with Crippen LogP contribution in [-0.2, 0) is 10.0 Å². The number of nitrogen functional groups attached to an aromatic ring is 1. The van der Waals surface area contributed by atoms with E-state index >= 15 is 0 Å². The van der Waals surface area contributed by atoms with Gasteiger partial charge in [0, 0.05) is 12.7 Å². The molecule has 1 saturated heterocycles. The molecular weight excluding hydrogens is 298 g/mol. The van der Waals surface area contributed by atoms with Crippen LogP contribution in [0.2, 0.25) is 0 Å².